The van der Waals surface area contributed by atoms with Gasteiger partial charge in [0.2, 0.25) is 5.91 Å². The van der Waals surface area contributed by atoms with Crippen LogP contribution in [-0.2, 0) is 16.0 Å². The molecule has 5 nitrogen and oxygen atoms in total. The van der Waals surface area contributed by atoms with E-state index >= 15 is 0 Å². The number of anilines is 1. The summed E-state index contributed by atoms with van der Waals surface area (Å²) < 4.78 is 20.1. The lowest BCUT2D eigenvalue weighted by molar-refractivity contribution is -0.123. The van der Waals surface area contributed by atoms with Gasteiger partial charge in [0, 0.05) is 44.0 Å². The van der Waals surface area contributed by atoms with Crippen molar-refractivity contribution in [3.63, 3.8) is 0 Å². The molecular formula is C26H34FN3O2. The summed E-state index contributed by atoms with van der Waals surface area (Å²) in [4.78, 5) is 17.9. The summed E-state index contributed by atoms with van der Waals surface area (Å²) in [7, 11) is 0. The third-order valence-electron chi connectivity index (χ3n) is 6.83. The Kier molecular flexibility index (Phi) is 7.55. The van der Waals surface area contributed by atoms with Crippen molar-refractivity contribution in [1.82, 2.24) is 9.80 Å². The number of hydrogen-bond donors (Lipinski definition) is 1. The first-order valence-corrected chi connectivity index (χ1v) is 11.7. The highest BCUT2D eigenvalue weighted by molar-refractivity contribution is 5.95. The van der Waals surface area contributed by atoms with Crippen LogP contribution in [0.5, 0.6) is 0 Å². The van der Waals surface area contributed by atoms with Crippen LogP contribution >= 0.6 is 0 Å². The van der Waals surface area contributed by atoms with E-state index in [0.29, 0.717) is 31.9 Å². The number of halogens is 1. The fraction of sp³-hybridized carbons (Fsp3) is 0.500. The highest BCUT2D eigenvalue weighted by Gasteiger charge is 2.31. The van der Waals surface area contributed by atoms with Crippen molar-refractivity contribution in [3.8, 4) is 0 Å². The second-order valence-electron chi connectivity index (χ2n) is 9.23. The maximum Gasteiger partial charge on any atom is 0.246 e. The molecule has 32 heavy (non-hydrogen) atoms. The Bertz CT molecular complexity index is 905. The van der Waals surface area contributed by atoms with Crippen molar-refractivity contribution in [2.75, 3.05) is 51.3 Å². The van der Waals surface area contributed by atoms with Crippen LogP contribution in [0.1, 0.15) is 31.0 Å². The maximum atomic E-state index is 14.6. The highest BCUT2D eigenvalue weighted by Crippen LogP contribution is 2.27. The van der Waals surface area contributed by atoms with E-state index in [9.17, 15) is 9.18 Å². The first kappa shape index (κ1) is 22.9. The molecule has 2 heterocycles. The molecule has 0 radical (unpaired) electrons. The van der Waals surface area contributed by atoms with E-state index in [-0.39, 0.29) is 11.7 Å². The van der Waals surface area contributed by atoms with Crippen LogP contribution in [0, 0.1) is 17.7 Å². The van der Waals surface area contributed by atoms with E-state index in [1.54, 1.807) is 18.2 Å². The summed E-state index contributed by atoms with van der Waals surface area (Å²) >= 11 is 0. The fourth-order valence-electron chi connectivity index (χ4n) is 4.77. The Morgan fingerprint density at radius 3 is 2.53 bits per heavy atom. The van der Waals surface area contributed by atoms with Crippen molar-refractivity contribution in [2.45, 2.75) is 26.3 Å². The molecule has 0 bridgehead atoms. The summed E-state index contributed by atoms with van der Waals surface area (Å²) in [5.41, 5.74) is 2.36. The zero-order chi connectivity index (χ0) is 22.5. The third kappa shape index (κ3) is 5.55. The van der Waals surface area contributed by atoms with Crippen molar-refractivity contribution in [1.29, 1.82) is 0 Å². The van der Waals surface area contributed by atoms with Crippen LogP contribution in [0.15, 0.2) is 48.5 Å². The fourth-order valence-corrected chi connectivity index (χ4v) is 4.77. The minimum Gasteiger partial charge on any atom is -0.379 e. The van der Waals surface area contributed by atoms with Gasteiger partial charge in [-0.15, -0.1) is 0 Å². The predicted octanol–water partition coefficient (Wildman–Crippen LogP) is 3.97. The Morgan fingerprint density at radius 2 is 1.81 bits per heavy atom. The van der Waals surface area contributed by atoms with Gasteiger partial charge in [0.15, 0.2) is 0 Å². The molecule has 0 aliphatic carbocycles. The van der Waals surface area contributed by atoms with Crippen molar-refractivity contribution in [2.24, 2.45) is 11.8 Å². The smallest absolute Gasteiger partial charge is 0.246 e. The molecule has 2 aromatic carbocycles. The molecule has 2 aliphatic heterocycles. The molecule has 0 saturated carbocycles. The molecule has 1 N–H and O–H groups in total. The molecule has 3 atom stereocenters. The van der Waals surface area contributed by atoms with Crippen LogP contribution < -0.4 is 5.32 Å². The molecule has 4 rings (SSSR count). The molecule has 0 aromatic heterocycles. The third-order valence-corrected chi connectivity index (χ3v) is 6.83. The normalized spacial score (nSPS) is 23.2. The quantitative estimate of drug-likeness (QED) is 0.709. The highest BCUT2D eigenvalue weighted by atomic mass is 19.1. The number of benzene rings is 2. The molecule has 6 heteroatoms. The minimum atomic E-state index is -0.684. The average molecular weight is 440 g/mol. The van der Waals surface area contributed by atoms with E-state index in [0.717, 1.165) is 43.6 Å². The second-order valence-corrected chi connectivity index (χ2v) is 9.23. The van der Waals surface area contributed by atoms with E-state index in [1.165, 1.54) is 11.6 Å². The van der Waals surface area contributed by atoms with Crippen LogP contribution in [0.25, 0.3) is 0 Å². The Hall–Kier alpha value is -2.28. The van der Waals surface area contributed by atoms with Gasteiger partial charge in [-0.3, -0.25) is 9.69 Å². The van der Waals surface area contributed by atoms with Crippen LogP contribution in [-0.4, -0.2) is 61.6 Å². The Morgan fingerprint density at radius 1 is 1.09 bits per heavy atom. The number of nitrogens with one attached hydrogen (secondary N) is 1. The number of rotatable bonds is 7. The predicted molar refractivity (Wildman–Crippen MR) is 125 cm³/mol. The summed E-state index contributed by atoms with van der Waals surface area (Å²) in [6, 6.07) is 13.9. The van der Waals surface area contributed by atoms with E-state index in [4.69, 9.17) is 4.74 Å². The number of hydrogen-bond acceptors (Lipinski definition) is 4. The molecule has 2 fully saturated rings. The molecule has 2 saturated heterocycles. The topological polar surface area (TPSA) is 44.8 Å². The lowest BCUT2D eigenvalue weighted by Crippen LogP contribution is -2.44. The van der Waals surface area contributed by atoms with Crippen molar-refractivity contribution in [3.05, 3.63) is 65.5 Å². The van der Waals surface area contributed by atoms with E-state index in [2.05, 4.69) is 30.1 Å². The van der Waals surface area contributed by atoms with Gasteiger partial charge < -0.3 is 15.0 Å². The molecule has 0 unspecified atom stereocenters. The number of carbonyl (C=O) groups is 1. The minimum absolute atomic E-state index is 0.212. The number of ether oxygens (including phenoxy) is 1. The van der Waals surface area contributed by atoms with Gasteiger partial charge in [-0.2, -0.15) is 0 Å². The van der Waals surface area contributed by atoms with Crippen LogP contribution in [0.3, 0.4) is 0 Å². The first-order valence-electron chi connectivity index (χ1n) is 11.7. The van der Waals surface area contributed by atoms with Crippen molar-refractivity contribution < 1.29 is 13.9 Å². The zero-order valence-electron chi connectivity index (χ0n) is 19.1. The number of nitrogens with zero attached hydrogens (tertiary/aromatic N) is 2. The molecule has 2 aliphatic rings. The summed E-state index contributed by atoms with van der Waals surface area (Å²) in [6.45, 7) is 10.3. The SMILES string of the molecule is C[C@@H]1CN(CCc2cccc(NC(=O)[C@@H](c3ccccc3F)N3CCOCC3)c2)C[C@@H]1C. The molecular weight excluding hydrogens is 405 g/mol. The lowest BCUT2D eigenvalue weighted by atomic mass is 10.0. The van der Waals surface area contributed by atoms with Gasteiger partial charge in [-0.05, 0) is 42.0 Å². The van der Waals surface area contributed by atoms with Crippen molar-refractivity contribution >= 4 is 11.6 Å². The standard InChI is InChI=1S/C26H34FN3O2/c1-19-17-29(18-20(19)2)11-10-21-6-5-7-22(16-21)28-26(31)25(30-12-14-32-15-13-30)23-8-3-4-9-24(23)27/h3-9,16,19-20,25H,10-15,17-18H2,1-2H3,(H,28,31)/t19-,20+,25-/m1/s1. The summed E-state index contributed by atoms with van der Waals surface area (Å²) in [6.07, 6.45) is 0.948. The van der Waals surface area contributed by atoms with Crippen LogP contribution in [0.2, 0.25) is 0 Å². The molecule has 172 valence electrons. The first-order chi connectivity index (χ1) is 15.5. The molecule has 2 aromatic rings. The number of carbonyl (C=O) groups excluding carboxylic acids is 1. The van der Waals surface area contributed by atoms with Gasteiger partial charge in [-0.25, -0.2) is 4.39 Å². The molecule has 0 spiro atoms. The second kappa shape index (κ2) is 10.6. The monoisotopic (exact) mass is 439 g/mol. The van der Waals surface area contributed by atoms with E-state index < -0.39 is 6.04 Å². The summed E-state index contributed by atoms with van der Waals surface area (Å²) in [5, 5.41) is 3.05. The zero-order valence-corrected chi connectivity index (χ0v) is 19.1. The number of amides is 1. The lowest BCUT2D eigenvalue weighted by Gasteiger charge is -2.34. The number of likely N-dealkylation sites (tertiary alicyclic amines) is 1. The van der Waals surface area contributed by atoms with Gasteiger partial charge in [-0.1, -0.05) is 44.2 Å². The Labute approximate surface area is 190 Å². The average Bonchev–Trinajstić information content (AvgIpc) is 3.12. The molecule has 1 amide bonds. The van der Waals surface area contributed by atoms with E-state index in [1.807, 2.05) is 23.1 Å². The van der Waals surface area contributed by atoms with Gasteiger partial charge in [0.05, 0.1) is 13.2 Å². The van der Waals surface area contributed by atoms with Gasteiger partial charge in [0.1, 0.15) is 11.9 Å². The summed E-state index contributed by atoms with van der Waals surface area (Å²) in [5.74, 6) is 0.922. The van der Waals surface area contributed by atoms with Gasteiger partial charge >= 0.3 is 0 Å². The van der Waals surface area contributed by atoms with Gasteiger partial charge in [0.25, 0.3) is 0 Å². The maximum absolute atomic E-state index is 14.6. The Balaban J connectivity index is 1.45. The van der Waals surface area contributed by atoms with Crippen LogP contribution in [0.4, 0.5) is 10.1 Å². The number of morpholine rings is 1. The largest absolute Gasteiger partial charge is 0.379 e.